The maximum absolute atomic E-state index is 13.0. The van der Waals surface area contributed by atoms with Gasteiger partial charge in [-0.05, 0) is 56.7 Å². The Morgan fingerprint density at radius 1 is 1.00 bits per heavy atom. The van der Waals surface area contributed by atoms with Gasteiger partial charge >= 0.3 is 12.1 Å². The number of amides is 5. The van der Waals surface area contributed by atoms with E-state index in [4.69, 9.17) is 25.7 Å². The standard InChI is InChI=1S/C34H54N6O14/c1-17(2)23(28(36)46)40(5)33(51)52-15-18-9-10-21(53-31-26(45)24(43)25(44)27(54-31)30(48)49)20(14-18)39-22(42)11-13-37-29(47)19(35)8-6-7-12-38-32(50)34(3,4)16-41/h9-10,14,17,19,23-27,31,41,43-45H,6-8,11-13,15-16,35H2,1-5H3,(H2,36,46)(H,37,47)(H,38,50)(H,39,42)(H,48,49)/t19-,23?,24?,25-,26+,27?,31?/m0/s1. The minimum Gasteiger partial charge on any atom is -0.479 e. The number of hydrogen-bond acceptors (Lipinski definition) is 14. The number of carboxylic acid groups (broad SMARTS) is 1. The van der Waals surface area contributed by atoms with Gasteiger partial charge in [-0.2, -0.15) is 0 Å². The van der Waals surface area contributed by atoms with Gasteiger partial charge in [-0.15, -0.1) is 0 Å². The molecule has 1 saturated heterocycles. The van der Waals surface area contributed by atoms with Crippen LogP contribution >= 0.6 is 0 Å². The number of nitrogens with two attached hydrogens (primary N) is 2. The highest BCUT2D eigenvalue weighted by atomic mass is 16.7. The Kier molecular flexibility index (Phi) is 17.5. The molecule has 4 unspecified atom stereocenters. The Bertz CT molecular complexity index is 1480. The second-order valence-corrected chi connectivity index (χ2v) is 13.9. The van der Waals surface area contributed by atoms with Crippen LogP contribution in [0.4, 0.5) is 10.5 Å². The lowest BCUT2D eigenvalue weighted by atomic mass is 9.94. The lowest BCUT2D eigenvalue weighted by molar-refractivity contribution is -0.271. The average Bonchev–Trinajstić information content (AvgIpc) is 3.10. The monoisotopic (exact) mass is 770 g/mol. The molecule has 0 radical (unpaired) electrons. The van der Waals surface area contributed by atoms with Crippen LogP contribution in [0.15, 0.2) is 18.2 Å². The van der Waals surface area contributed by atoms with Crippen LogP contribution in [0.5, 0.6) is 5.75 Å². The van der Waals surface area contributed by atoms with Crippen LogP contribution in [0, 0.1) is 11.3 Å². The van der Waals surface area contributed by atoms with Gasteiger partial charge in [0.1, 0.15) is 36.7 Å². The molecule has 7 atom stereocenters. The number of aliphatic carboxylic acids is 1. The molecule has 1 aromatic rings. The molecule has 20 nitrogen and oxygen atoms in total. The summed E-state index contributed by atoms with van der Waals surface area (Å²) in [5.74, 6) is -4.31. The topological polar surface area (TPSA) is 323 Å². The fourth-order valence-electron chi connectivity index (χ4n) is 5.25. The lowest BCUT2D eigenvalue weighted by Crippen LogP contribution is -2.61. The van der Waals surface area contributed by atoms with E-state index in [-0.39, 0.29) is 49.4 Å². The molecule has 1 aliphatic rings. The number of anilines is 1. The number of nitrogens with one attached hydrogen (secondary N) is 3. The first-order chi connectivity index (χ1) is 25.2. The molecule has 2 rings (SSSR count). The number of ether oxygens (including phenoxy) is 3. The van der Waals surface area contributed by atoms with Crippen LogP contribution < -0.4 is 32.2 Å². The number of carbonyl (C=O) groups is 6. The Morgan fingerprint density at radius 2 is 1.67 bits per heavy atom. The number of rotatable bonds is 20. The van der Waals surface area contributed by atoms with E-state index in [0.717, 1.165) is 4.90 Å². The summed E-state index contributed by atoms with van der Waals surface area (Å²) in [7, 11) is 1.35. The molecule has 1 aliphatic heterocycles. The highest BCUT2D eigenvalue weighted by Gasteiger charge is 2.48. The van der Waals surface area contributed by atoms with Gasteiger partial charge in [0, 0.05) is 26.6 Å². The Morgan fingerprint density at radius 3 is 2.26 bits per heavy atom. The van der Waals surface area contributed by atoms with Crippen LogP contribution in [0.3, 0.4) is 0 Å². The van der Waals surface area contributed by atoms with Gasteiger partial charge in [-0.1, -0.05) is 19.9 Å². The normalized spacial score (nSPS) is 21.0. The summed E-state index contributed by atoms with van der Waals surface area (Å²) < 4.78 is 16.2. The van der Waals surface area contributed by atoms with E-state index in [1.54, 1.807) is 27.7 Å². The number of likely N-dealkylation sites (N-methyl/N-ethyl adjacent to an activating group) is 1. The first kappa shape index (κ1) is 45.6. The fourth-order valence-corrected chi connectivity index (χ4v) is 5.25. The summed E-state index contributed by atoms with van der Waals surface area (Å²) in [4.78, 5) is 74.8. The predicted octanol–water partition coefficient (Wildman–Crippen LogP) is -1.89. The van der Waals surface area contributed by atoms with Gasteiger partial charge in [0.05, 0.1) is 23.8 Å². The van der Waals surface area contributed by atoms with Crippen molar-refractivity contribution in [2.45, 2.75) is 103 Å². The molecule has 20 heteroatoms. The third-order valence-corrected chi connectivity index (χ3v) is 8.59. The number of primary amides is 1. The smallest absolute Gasteiger partial charge is 0.410 e. The van der Waals surface area contributed by atoms with E-state index >= 15 is 0 Å². The molecule has 12 N–H and O–H groups in total. The predicted molar refractivity (Wildman–Crippen MR) is 189 cm³/mol. The summed E-state index contributed by atoms with van der Waals surface area (Å²) >= 11 is 0. The van der Waals surface area contributed by atoms with Crippen molar-refractivity contribution in [1.29, 1.82) is 0 Å². The highest BCUT2D eigenvalue weighted by molar-refractivity contribution is 5.93. The van der Waals surface area contributed by atoms with E-state index in [2.05, 4.69) is 16.0 Å². The lowest BCUT2D eigenvalue weighted by Gasteiger charge is -2.38. The maximum Gasteiger partial charge on any atom is 0.410 e. The van der Waals surface area contributed by atoms with Gasteiger partial charge in [0.25, 0.3) is 0 Å². The number of benzene rings is 1. The van der Waals surface area contributed by atoms with E-state index in [1.165, 1.54) is 25.2 Å². The van der Waals surface area contributed by atoms with Crippen molar-refractivity contribution in [1.82, 2.24) is 15.5 Å². The molecule has 304 valence electrons. The minimum absolute atomic E-state index is 0.0696. The Labute approximate surface area is 312 Å². The van der Waals surface area contributed by atoms with Gasteiger partial charge < -0.3 is 67.2 Å². The number of aliphatic hydroxyl groups excluding tert-OH is 4. The summed E-state index contributed by atoms with van der Waals surface area (Å²) in [6.07, 6.45) is -9.39. The number of aliphatic hydroxyl groups is 4. The molecule has 1 aromatic carbocycles. The van der Waals surface area contributed by atoms with E-state index < -0.39 is 78.0 Å². The number of carbonyl (C=O) groups excluding carboxylic acids is 5. The summed E-state index contributed by atoms with van der Waals surface area (Å²) in [5.41, 5.74) is 10.7. The van der Waals surface area contributed by atoms with Crippen LogP contribution in [0.25, 0.3) is 0 Å². The average molecular weight is 771 g/mol. The van der Waals surface area contributed by atoms with Crippen molar-refractivity contribution in [3.63, 3.8) is 0 Å². The summed E-state index contributed by atoms with van der Waals surface area (Å²) in [6.45, 7) is 6.17. The van der Waals surface area contributed by atoms with Crippen molar-refractivity contribution in [2.75, 3.05) is 32.1 Å². The third kappa shape index (κ3) is 13.1. The van der Waals surface area contributed by atoms with Crippen molar-refractivity contribution >= 4 is 41.4 Å². The maximum atomic E-state index is 13.0. The van der Waals surface area contributed by atoms with Crippen molar-refractivity contribution in [3.05, 3.63) is 23.8 Å². The van der Waals surface area contributed by atoms with Crippen LogP contribution in [0.1, 0.15) is 58.9 Å². The largest absolute Gasteiger partial charge is 0.479 e. The Balaban J connectivity index is 2.09. The molecule has 1 heterocycles. The van der Waals surface area contributed by atoms with Crippen molar-refractivity contribution in [3.8, 4) is 5.75 Å². The molecular weight excluding hydrogens is 716 g/mol. The zero-order valence-corrected chi connectivity index (χ0v) is 31.0. The zero-order chi connectivity index (χ0) is 40.9. The number of carboxylic acids is 1. The molecule has 0 aliphatic carbocycles. The molecule has 54 heavy (non-hydrogen) atoms. The van der Waals surface area contributed by atoms with Gasteiger partial charge in [-0.3, -0.25) is 24.1 Å². The molecule has 0 saturated carbocycles. The van der Waals surface area contributed by atoms with Crippen LogP contribution in [-0.2, 0) is 40.1 Å². The molecular formula is C34H54N6O14. The van der Waals surface area contributed by atoms with Crippen LogP contribution in [-0.4, -0.2) is 136 Å². The Hall–Kier alpha value is -4.60. The second kappa shape index (κ2) is 20.7. The van der Waals surface area contributed by atoms with Gasteiger partial charge in [-0.25, -0.2) is 9.59 Å². The first-order valence-electron chi connectivity index (χ1n) is 17.3. The van der Waals surface area contributed by atoms with Crippen LogP contribution in [0.2, 0.25) is 0 Å². The van der Waals surface area contributed by atoms with Crippen molar-refractivity contribution in [2.24, 2.45) is 22.8 Å². The summed E-state index contributed by atoms with van der Waals surface area (Å²) in [5, 5.41) is 57.2. The minimum atomic E-state index is -1.97. The van der Waals surface area contributed by atoms with E-state index in [1.807, 2.05) is 0 Å². The number of nitrogens with zero attached hydrogens (tertiary/aromatic N) is 1. The molecule has 0 spiro atoms. The number of unbranched alkanes of at least 4 members (excludes halogenated alkanes) is 1. The third-order valence-electron chi connectivity index (χ3n) is 8.59. The van der Waals surface area contributed by atoms with E-state index in [0.29, 0.717) is 31.4 Å². The quantitative estimate of drug-likeness (QED) is 0.0649. The zero-order valence-electron chi connectivity index (χ0n) is 31.0. The molecule has 0 bridgehead atoms. The van der Waals surface area contributed by atoms with Gasteiger partial charge in [0.15, 0.2) is 6.10 Å². The van der Waals surface area contributed by atoms with Crippen molar-refractivity contribution < 1.29 is 68.5 Å². The first-order valence-corrected chi connectivity index (χ1v) is 17.3. The van der Waals surface area contributed by atoms with E-state index in [9.17, 15) is 54.3 Å². The van der Waals surface area contributed by atoms with Gasteiger partial charge in [0.2, 0.25) is 29.9 Å². The fraction of sp³-hybridized carbons (Fsp3) is 0.647. The number of hydrogen-bond donors (Lipinski definition) is 10. The second-order valence-electron chi connectivity index (χ2n) is 13.9. The highest BCUT2D eigenvalue weighted by Crippen LogP contribution is 2.31. The summed E-state index contributed by atoms with van der Waals surface area (Å²) in [6, 6.07) is 2.19. The molecule has 1 fully saturated rings. The molecule has 0 aromatic heterocycles. The SMILES string of the molecule is CC(C)C(C(N)=O)N(C)C(=O)OCc1ccc(OC2OC(C(=O)O)[C@@H](O)C(O)[C@H]2O)c(NC(=O)CCNC(=O)[C@@H](N)CCCCNC(=O)C(C)(C)CO)c1. The molecule has 5 amide bonds.